The van der Waals surface area contributed by atoms with Gasteiger partial charge in [-0.1, -0.05) is 54.1 Å². The fourth-order valence-corrected chi connectivity index (χ4v) is 1.53. The number of nitrogens with zero attached hydrogens (tertiary/aromatic N) is 1. The van der Waals surface area contributed by atoms with Crippen molar-refractivity contribution < 1.29 is 0 Å². The summed E-state index contributed by atoms with van der Waals surface area (Å²) in [6.45, 7) is 0.727. The molecule has 2 aromatic carbocycles. The Morgan fingerprint density at radius 3 is 2.41 bits per heavy atom. The van der Waals surface area contributed by atoms with E-state index in [1.807, 2.05) is 42.5 Å². The van der Waals surface area contributed by atoms with Gasteiger partial charge in [-0.3, -0.25) is 0 Å². The second-order valence-electron chi connectivity index (χ2n) is 3.63. The minimum Gasteiger partial charge on any atom is -0.306 e. The van der Waals surface area contributed by atoms with Gasteiger partial charge < -0.3 is 5.43 Å². The van der Waals surface area contributed by atoms with Gasteiger partial charge in [0.05, 0.1) is 12.8 Å². The molecule has 3 heteroatoms. The molecule has 0 unspecified atom stereocenters. The van der Waals surface area contributed by atoms with Gasteiger partial charge in [0.25, 0.3) is 0 Å². The SMILES string of the molecule is Clc1ccc(/C=N/NCc2ccccc2)cc1. The number of rotatable bonds is 4. The van der Waals surface area contributed by atoms with E-state index >= 15 is 0 Å². The molecule has 0 radical (unpaired) electrons. The lowest BCUT2D eigenvalue weighted by atomic mass is 10.2. The second kappa shape index (κ2) is 6.06. The average molecular weight is 245 g/mol. The molecule has 0 aromatic heterocycles. The van der Waals surface area contributed by atoms with Gasteiger partial charge in [0.15, 0.2) is 0 Å². The highest BCUT2D eigenvalue weighted by atomic mass is 35.5. The minimum atomic E-state index is 0.727. The Hall–Kier alpha value is -1.80. The van der Waals surface area contributed by atoms with Gasteiger partial charge in [-0.2, -0.15) is 5.10 Å². The van der Waals surface area contributed by atoms with Crippen molar-refractivity contribution in [2.75, 3.05) is 0 Å². The Kier molecular flexibility index (Phi) is 4.17. The first kappa shape index (κ1) is 11.7. The summed E-state index contributed by atoms with van der Waals surface area (Å²) in [5, 5.41) is 4.88. The van der Waals surface area contributed by atoms with Crippen LogP contribution in [0.25, 0.3) is 0 Å². The molecular weight excluding hydrogens is 232 g/mol. The Morgan fingerprint density at radius 2 is 1.71 bits per heavy atom. The summed E-state index contributed by atoms with van der Waals surface area (Å²) < 4.78 is 0. The Balaban J connectivity index is 1.84. The fourth-order valence-electron chi connectivity index (χ4n) is 1.40. The fraction of sp³-hybridized carbons (Fsp3) is 0.0714. The molecule has 0 aliphatic heterocycles. The van der Waals surface area contributed by atoms with E-state index in [1.165, 1.54) is 5.56 Å². The highest BCUT2D eigenvalue weighted by molar-refractivity contribution is 6.30. The van der Waals surface area contributed by atoms with Gasteiger partial charge in [-0.15, -0.1) is 0 Å². The van der Waals surface area contributed by atoms with Crippen molar-refractivity contribution in [2.45, 2.75) is 6.54 Å². The number of hydrogen-bond acceptors (Lipinski definition) is 2. The quantitative estimate of drug-likeness (QED) is 0.647. The molecule has 0 amide bonds. The van der Waals surface area contributed by atoms with Gasteiger partial charge in [0.1, 0.15) is 0 Å². The van der Waals surface area contributed by atoms with E-state index in [1.54, 1.807) is 6.21 Å². The molecule has 17 heavy (non-hydrogen) atoms. The lowest BCUT2D eigenvalue weighted by molar-refractivity contribution is 0.748. The molecule has 0 aliphatic carbocycles. The normalized spacial score (nSPS) is 10.6. The summed E-state index contributed by atoms with van der Waals surface area (Å²) in [7, 11) is 0. The molecule has 0 bridgehead atoms. The summed E-state index contributed by atoms with van der Waals surface area (Å²) >= 11 is 5.79. The zero-order chi connectivity index (χ0) is 11.9. The molecule has 0 saturated heterocycles. The molecule has 0 spiro atoms. The maximum atomic E-state index is 5.79. The standard InChI is InChI=1S/C14H13ClN2/c15-14-8-6-13(7-9-14)11-17-16-10-12-4-2-1-3-5-12/h1-9,11,16H,10H2/b17-11+. The van der Waals surface area contributed by atoms with E-state index in [2.05, 4.69) is 22.7 Å². The average Bonchev–Trinajstić information content (AvgIpc) is 2.38. The van der Waals surface area contributed by atoms with Gasteiger partial charge in [0, 0.05) is 5.02 Å². The number of hydrazone groups is 1. The zero-order valence-electron chi connectivity index (χ0n) is 9.31. The van der Waals surface area contributed by atoms with Crippen molar-refractivity contribution in [1.82, 2.24) is 5.43 Å². The molecule has 0 aliphatic rings. The maximum Gasteiger partial charge on any atom is 0.0580 e. The van der Waals surface area contributed by atoms with Crippen molar-refractivity contribution in [3.05, 3.63) is 70.7 Å². The van der Waals surface area contributed by atoms with Crippen LogP contribution in [0, 0.1) is 0 Å². The Labute approximate surface area is 106 Å². The van der Waals surface area contributed by atoms with Crippen molar-refractivity contribution >= 4 is 17.8 Å². The minimum absolute atomic E-state index is 0.727. The second-order valence-corrected chi connectivity index (χ2v) is 4.07. The Morgan fingerprint density at radius 1 is 1.00 bits per heavy atom. The van der Waals surface area contributed by atoms with E-state index in [-0.39, 0.29) is 0 Å². The van der Waals surface area contributed by atoms with Gasteiger partial charge in [0.2, 0.25) is 0 Å². The first-order chi connectivity index (χ1) is 8.34. The summed E-state index contributed by atoms with van der Waals surface area (Å²) in [4.78, 5) is 0. The van der Waals surface area contributed by atoms with Crippen LogP contribution in [-0.4, -0.2) is 6.21 Å². The molecule has 2 aromatic rings. The third-order valence-corrected chi connectivity index (χ3v) is 2.55. The van der Waals surface area contributed by atoms with Gasteiger partial charge in [-0.05, 0) is 23.3 Å². The lowest BCUT2D eigenvalue weighted by Gasteiger charge is -1.99. The predicted octanol–water partition coefficient (Wildman–Crippen LogP) is 3.46. The van der Waals surface area contributed by atoms with Crippen molar-refractivity contribution in [3.8, 4) is 0 Å². The molecule has 1 N–H and O–H groups in total. The summed E-state index contributed by atoms with van der Waals surface area (Å²) in [5.74, 6) is 0. The molecule has 0 atom stereocenters. The lowest BCUT2D eigenvalue weighted by Crippen LogP contribution is -2.05. The van der Waals surface area contributed by atoms with Crippen LogP contribution in [0.4, 0.5) is 0 Å². The smallest absolute Gasteiger partial charge is 0.0580 e. The monoisotopic (exact) mass is 244 g/mol. The highest BCUT2D eigenvalue weighted by Crippen LogP contribution is 2.07. The van der Waals surface area contributed by atoms with Crippen molar-refractivity contribution in [1.29, 1.82) is 0 Å². The zero-order valence-corrected chi connectivity index (χ0v) is 10.1. The molecule has 86 valence electrons. The largest absolute Gasteiger partial charge is 0.306 e. The highest BCUT2D eigenvalue weighted by Gasteiger charge is 1.89. The van der Waals surface area contributed by atoms with E-state index in [0.717, 1.165) is 17.1 Å². The summed E-state index contributed by atoms with van der Waals surface area (Å²) in [6, 6.07) is 17.7. The predicted molar refractivity (Wildman–Crippen MR) is 72.3 cm³/mol. The van der Waals surface area contributed by atoms with Crippen molar-refractivity contribution in [3.63, 3.8) is 0 Å². The van der Waals surface area contributed by atoms with E-state index < -0.39 is 0 Å². The molecule has 0 heterocycles. The third kappa shape index (κ3) is 3.93. The van der Waals surface area contributed by atoms with Crippen LogP contribution in [0.1, 0.15) is 11.1 Å². The number of hydrogen-bond donors (Lipinski definition) is 1. The third-order valence-electron chi connectivity index (χ3n) is 2.30. The molecule has 0 saturated carbocycles. The van der Waals surface area contributed by atoms with Gasteiger partial charge >= 0.3 is 0 Å². The van der Waals surface area contributed by atoms with E-state index in [0.29, 0.717) is 0 Å². The maximum absolute atomic E-state index is 5.79. The summed E-state index contributed by atoms with van der Waals surface area (Å²) in [5.41, 5.74) is 5.23. The van der Waals surface area contributed by atoms with Crippen molar-refractivity contribution in [2.24, 2.45) is 5.10 Å². The summed E-state index contributed by atoms with van der Waals surface area (Å²) in [6.07, 6.45) is 1.78. The van der Waals surface area contributed by atoms with Crippen LogP contribution in [0.15, 0.2) is 59.7 Å². The van der Waals surface area contributed by atoms with Crippen LogP contribution in [0.2, 0.25) is 5.02 Å². The van der Waals surface area contributed by atoms with Gasteiger partial charge in [-0.25, -0.2) is 0 Å². The molecule has 2 rings (SSSR count). The van der Waals surface area contributed by atoms with E-state index in [9.17, 15) is 0 Å². The topological polar surface area (TPSA) is 24.4 Å². The first-order valence-corrected chi connectivity index (χ1v) is 5.78. The number of nitrogens with one attached hydrogen (secondary N) is 1. The van der Waals surface area contributed by atoms with Crippen LogP contribution in [-0.2, 0) is 6.54 Å². The van der Waals surface area contributed by atoms with Crippen LogP contribution in [0.3, 0.4) is 0 Å². The molecule has 2 nitrogen and oxygen atoms in total. The Bertz CT molecular complexity index is 477. The van der Waals surface area contributed by atoms with E-state index in [4.69, 9.17) is 11.6 Å². The first-order valence-electron chi connectivity index (χ1n) is 5.40. The molecule has 0 fully saturated rings. The number of benzene rings is 2. The van der Waals surface area contributed by atoms with Crippen LogP contribution < -0.4 is 5.43 Å². The number of halogens is 1. The molecular formula is C14H13ClN2. The van der Waals surface area contributed by atoms with Crippen LogP contribution in [0.5, 0.6) is 0 Å². The van der Waals surface area contributed by atoms with Crippen LogP contribution >= 0.6 is 11.6 Å².